The minimum Gasteiger partial charge on any atom is -0.372 e. The van der Waals surface area contributed by atoms with Crippen LogP contribution in [0.25, 0.3) is 0 Å². The highest BCUT2D eigenvalue weighted by molar-refractivity contribution is 9.10. The van der Waals surface area contributed by atoms with Crippen LogP contribution >= 0.6 is 15.9 Å². The smallest absolute Gasteiger partial charge is 0.0377 e. The van der Waals surface area contributed by atoms with E-state index in [-0.39, 0.29) is 6.04 Å². The molecule has 20 heavy (non-hydrogen) atoms. The number of hydrogen-bond acceptors (Lipinski definition) is 2. The minimum absolute atomic E-state index is 0.0687. The second-order valence-electron chi connectivity index (χ2n) is 7.00. The monoisotopic (exact) mass is 338 g/mol. The summed E-state index contributed by atoms with van der Waals surface area (Å²) in [6.45, 7) is 6.79. The van der Waals surface area contributed by atoms with Crippen LogP contribution in [0.5, 0.6) is 0 Å². The molecule has 0 aliphatic heterocycles. The summed E-state index contributed by atoms with van der Waals surface area (Å²) >= 11 is 3.65. The van der Waals surface area contributed by atoms with Crippen LogP contribution in [0.1, 0.15) is 58.1 Å². The Labute approximate surface area is 131 Å². The average molecular weight is 339 g/mol. The lowest BCUT2D eigenvalue weighted by molar-refractivity contribution is 0.222. The lowest BCUT2D eigenvalue weighted by Gasteiger charge is -2.39. The Morgan fingerprint density at radius 1 is 1.30 bits per heavy atom. The summed E-state index contributed by atoms with van der Waals surface area (Å²) in [4.78, 5) is 2.44. The first kappa shape index (κ1) is 15.8. The van der Waals surface area contributed by atoms with Gasteiger partial charge in [0.15, 0.2) is 0 Å². The zero-order chi connectivity index (χ0) is 14.9. The fourth-order valence-corrected chi connectivity index (χ4v) is 3.81. The van der Waals surface area contributed by atoms with E-state index < -0.39 is 0 Å². The van der Waals surface area contributed by atoms with Gasteiger partial charge in [-0.25, -0.2) is 0 Å². The Hall–Kier alpha value is -0.540. The normalized spacial score (nSPS) is 20.7. The Kier molecular flexibility index (Phi) is 4.80. The van der Waals surface area contributed by atoms with Gasteiger partial charge in [0.1, 0.15) is 0 Å². The first-order valence-corrected chi connectivity index (χ1v) is 8.37. The number of anilines is 1. The molecule has 0 amide bonds. The van der Waals surface area contributed by atoms with Crippen molar-refractivity contribution in [2.45, 2.75) is 58.5 Å². The van der Waals surface area contributed by atoms with Gasteiger partial charge in [-0.2, -0.15) is 0 Å². The number of nitrogens with zero attached hydrogens (tertiary/aromatic N) is 1. The fraction of sp³-hybridized carbons (Fsp3) is 0.647. The van der Waals surface area contributed by atoms with Gasteiger partial charge in [0.05, 0.1) is 0 Å². The highest BCUT2D eigenvalue weighted by Crippen LogP contribution is 2.38. The van der Waals surface area contributed by atoms with Crippen molar-refractivity contribution in [3.63, 3.8) is 0 Å². The molecule has 1 aliphatic rings. The topological polar surface area (TPSA) is 29.3 Å². The van der Waals surface area contributed by atoms with Crippen molar-refractivity contribution in [3.05, 3.63) is 28.2 Å². The van der Waals surface area contributed by atoms with Gasteiger partial charge in [-0.15, -0.1) is 0 Å². The van der Waals surface area contributed by atoms with Crippen LogP contribution in [0, 0.1) is 5.41 Å². The van der Waals surface area contributed by atoms with Crippen LogP contribution < -0.4 is 10.6 Å². The molecule has 0 bridgehead atoms. The van der Waals surface area contributed by atoms with Crippen LogP contribution in [0.4, 0.5) is 5.69 Å². The van der Waals surface area contributed by atoms with Gasteiger partial charge >= 0.3 is 0 Å². The molecule has 0 radical (unpaired) electrons. The van der Waals surface area contributed by atoms with Crippen LogP contribution in [0.2, 0.25) is 0 Å². The molecule has 1 fully saturated rings. The SMILES string of the molecule is C[C@H](N)c1ccc(N(C)C2CCC(C)(C)CC2)cc1Br. The third-order valence-electron chi connectivity index (χ3n) is 4.74. The van der Waals surface area contributed by atoms with Crippen molar-refractivity contribution in [1.29, 1.82) is 0 Å². The third-order valence-corrected chi connectivity index (χ3v) is 5.43. The van der Waals surface area contributed by atoms with E-state index in [9.17, 15) is 0 Å². The standard InChI is InChI=1S/C17H27BrN2/c1-12(19)15-6-5-14(11-16(15)18)20(4)13-7-9-17(2,3)10-8-13/h5-6,11-13H,7-10,19H2,1-4H3/t12-/m0/s1. The zero-order valence-corrected chi connectivity index (χ0v) is 14.7. The van der Waals surface area contributed by atoms with E-state index in [2.05, 4.69) is 59.9 Å². The van der Waals surface area contributed by atoms with E-state index in [1.165, 1.54) is 36.9 Å². The third kappa shape index (κ3) is 3.56. The van der Waals surface area contributed by atoms with E-state index >= 15 is 0 Å². The first-order valence-electron chi connectivity index (χ1n) is 7.58. The van der Waals surface area contributed by atoms with E-state index in [0.29, 0.717) is 11.5 Å². The second kappa shape index (κ2) is 6.07. The molecule has 0 heterocycles. The lowest BCUT2D eigenvalue weighted by Crippen LogP contribution is -2.37. The van der Waals surface area contributed by atoms with Crippen LogP contribution in [0.15, 0.2) is 22.7 Å². The summed E-state index contributed by atoms with van der Waals surface area (Å²) in [7, 11) is 2.22. The number of benzene rings is 1. The first-order chi connectivity index (χ1) is 9.30. The molecule has 1 saturated carbocycles. The van der Waals surface area contributed by atoms with Gasteiger partial charge in [0.2, 0.25) is 0 Å². The number of rotatable bonds is 3. The van der Waals surface area contributed by atoms with E-state index in [0.717, 1.165) is 4.47 Å². The van der Waals surface area contributed by atoms with Crippen molar-refractivity contribution >= 4 is 21.6 Å². The number of halogens is 1. The maximum atomic E-state index is 5.97. The summed E-state index contributed by atoms with van der Waals surface area (Å²) in [5.41, 5.74) is 8.95. The molecule has 1 atom stereocenters. The molecule has 1 aromatic rings. The molecule has 1 aromatic carbocycles. The Morgan fingerprint density at radius 2 is 1.90 bits per heavy atom. The lowest BCUT2D eigenvalue weighted by atomic mass is 9.75. The quantitative estimate of drug-likeness (QED) is 0.851. The highest BCUT2D eigenvalue weighted by atomic mass is 79.9. The molecule has 1 aliphatic carbocycles. The van der Waals surface area contributed by atoms with E-state index in [1.54, 1.807) is 0 Å². The highest BCUT2D eigenvalue weighted by Gasteiger charge is 2.29. The van der Waals surface area contributed by atoms with Crippen molar-refractivity contribution in [2.75, 3.05) is 11.9 Å². The van der Waals surface area contributed by atoms with Gasteiger partial charge < -0.3 is 10.6 Å². The van der Waals surface area contributed by atoms with Crippen molar-refractivity contribution in [2.24, 2.45) is 11.1 Å². The maximum Gasteiger partial charge on any atom is 0.0377 e. The molecule has 2 rings (SSSR count). The fourth-order valence-electron chi connectivity index (χ4n) is 3.09. The number of hydrogen-bond donors (Lipinski definition) is 1. The predicted molar refractivity (Wildman–Crippen MR) is 91.2 cm³/mol. The minimum atomic E-state index is 0.0687. The van der Waals surface area contributed by atoms with E-state index in [4.69, 9.17) is 5.73 Å². The Bertz CT molecular complexity index is 458. The van der Waals surface area contributed by atoms with E-state index in [1.807, 2.05) is 6.92 Å². The summed E-state index contributed by atoms with van der Waals surface area (Å²) in [5.74, 6) is 0. The summed E-state index contributed by atoms with van der Waals surface area (Å²) in [5, 5.41) is 0. The van der Waals surface area contributed by atoms with Crippen LogP contribution in [-0.2, 0) is 0 Å². The molecular formula is C17H27BrN2. The predicted octanol–water partition coefficient (Wildman–Crippen LogP) is 4.87. The summed E-state index contributed by atoms with van der Waals surface area (Å²) in [6.07, 6.45) is 5.22. The molecule has 0 saturated heterocycles. The average Bonchev–Trinajstić information content (AvgIpc) is 2.37. The maximum absolute atomic E-state index is 5.97. The Morgan fingerprint density at radius 3 is 2.40 bits per heavy atom. The van der Waals surface area contributed by atoms with Crippen molar-refractivity contribution < 1.29 is 0 Å². The van der Waals surface area contributed by atoms with Crippen molar-refractivity contribution in [3.8, 4) is 0 Å². The molecule has 0 aromatic heterocycles. The molecule has 2 N–H and O–H groups in total. The molecule has 0 unspecified atom stereocenters. The van der Waals surface area contributed by atoms with Crippen LogP contribution in [0.3, 0.4) is 0 Å². The molecule has 3 heteroatoms. The van der Waals surface area contributed by atoms with Gasteiger partial charge in [0, 0.05) is 29.3 Å². The van der Waals surface area contributed by atoms with Crippen LogP contribution in [-0.4, -0.2) is 13.1 Å². The number of nitrogens with two attached hydrogens (primary N) is 1. The molecule has 112 valence electrons. The van der Waals surface area contributed by atoms with Gasteiger partial charge in [0.25, 0.3) is 0 Å². The second-order valence-corrected chi connectivity index (χ2v) is 7.86. The molecule has 2 nitrogen and oxygen atoms in total. The largest absolute Gasteiger partial charge is 0.372 e. The molecule has 0 spiro atoms. The van der Waals surface area contributed by atoms with Gasteiger partial charge in [-0.05, 0) is 55.7 Å². The van der Waals surface area contributed by atoms with Gasteiger partial charge in [-0.1, -0.05) is 35.8 Å². The molecular weight excluding hydrogens is 312 g/mol. The Balaban J connectivity index is 2.10. The van der Waals surface area contributed by atoms with Gasteiger partial charge in [-0.3, -0.25) is 0 Å². The van der Waals surface area contributed by atoms with Crippen molar-refractivity contribution in [1.82, 2.24) is 0 Å². The zero-order valence-electron chi connectivity index (χ0n) is 13.1. The summed E-state index contributed by atoms with van der Waals surface area (Å²) < 4.78 is 1.12. The summed E-state index contributed by atoms with van der Waals surface area (Å²) in [6, 6.07) is 7.28.